The summed E-state index contributed by atoms with van der Waals surface area (Å²) in [6, 6.07) is 10.1. The molecule has 1 amide bonds. The van der Waals surface area contributed by atoms with E-state index in [0.29, 0.717) is 62.5 Å². The van der Waals surface area contributed by atoms with Crippen molar-refractivity contribution in [1.29, 1.82) is 0 Å². The van der Waals surface area contributed by atoms with E-state index in [2.05, 4.69) is 20.0 Å². The molecule has 11 heteroatoms. The van der Waals surface area contributed by atoms with Crippen LogP contribution < -0.4 is 4.90 Å². The molecule has 0 atom stereocenters. The van der Waals surface area contributed by atoms with Crippen molar-refractivity contribution in [3.8, 4) is 11.4 Å². The second kappa shape index (κ2) is 9.98. The quantitative estimate of drug-likeness (QED) is 0.455. The summed E-state index contributed by atoms with van der Waals surface area (Å²) in [5.74, 6) is 2.41. The summed E-state index contributed by atoms with van der Waals surface area (Å²) >= 11 is 0. The average molecular weight is 511 g/mol. The van der Waals surface area contributed by atoms with Crippen molar-refractivity contribution in [2.24, 2.45) is 0 Å². The Balaban J connectivity index is 1.18. The number of pyridine rings is 1. The molecule has 0 radical (unpaired) electrons. The Bertz CT molecular complexity index is 1310. The van der Waals surface area contributed by atoms with Crippen molar-refractivity contribution >= 4 is 21.7 Å². The molecule has 1 saturated heterocycles. The Morgan fingerprint density at radius 2 is 1.72 bits per heavy atom. The van der Waals surface area contributed by atoms with Crippen molar-refractivity contribution in [3.05, 3.63) is 54.0 Å². The van der Waals surface area contributed by atoms with Gasteiger partial charge in [0.1, 0.15) is 5.82 Å². The summed E-state index contributed by atoms with van der Waals surface area (Å²) in [7, 11) is -3.55. The molecule has 2 aromatic heterocycles. The monoisotopic (exact) mass is 510 g/mol. The number of hydrogen-bond donors (Lipinski definition) is 0. The lowest BCUT2D eigenvalue weighted by atomic mass is 10.2. The van der Waals surface area contributed by atoms with E-state index in [0.717, 1.165) is 24.2 Å². The second-order valence-corrected chi connectivity index (χ2v) is 11.0. The lowest BCUT2D eigenvalue weighted by Crippen LogP contribution is -2.49. The summed E-state index contributed by atoms with van der Waals surface area (Å²) in [4.78, 5) is 26.2. The molecule has 36 heavy (non-hydrogen) atoms. The zero-order chi connectivity index (χ0) is 25.3. The van der Waals surface area contributed by atoms with Crippen molar-refractivity contribution in [2.75, 3.05) is 44.2 Å². The highest BCUT2D eigenvalue weighted by molar-refractivity contribution is 7.89. The van der Waals surface area contributed by atoms with Crippen LogP contribution in [0.4, 0.5) is 5.82 Å². The van der Waals surface area contributed by atoms with Crippen LogP contribution in [0.1, 0.15) is 48.9 Å². The number of sulfonamides is 1. The van der Waals surface area contributed by atoms with Crippen LogP contribution in [0.3, 0.4) is 0 Å². The number of piperazine rings is 1. The van der Waals surface area contributed by atoms with Gasteiger partial charge in [-0.1, -0.05) is 19.0 Å². The zero-order valence-electron chi connectivity index (χ0n) is 20.5. The van der Waals surface area contributed by atoms with Crippen LogP contribution in [-0.2, 0) is 10.0 Å². The van der Waals surface area contributed by atoms with E-state index in [9.17, 15) is 13.2 Å². The maximum Gasteiger partial charge on any atom is 0.253 e. The first-order valence-corrected chi connectivity index (χ1v) is 13.8. The van der Waals surface area contributed by atoms with E-state index in [4.69, 9.17) is 4.52 Å². The van der Waals surface area contributed by atoms with Crippen LogP contribution in [0.5, 0.6) is 0 Å². The Kier molecular flexibility index (Phi) is 6.76. The first-order valence-electron chi connectivity index (χ1n) is 12.3. The molecule has 10 nitrogen and oxygen atoms in total. The zero-order valence-corrected chi connectivity index (χ0v) is 21.3. The van der Waals surface area contributed by atoms with E-state index < -0.39 is 10.0 Å². The molecule has 1 aliphatic heterocycles. The van der Waals surface area contributed by atoms with Gasteiger partial charge in [-0.25, -0.2) is 13.4 Å². The topological polar surface area (TPSA) is 113 Å². The molecule has 5 rings (SSSR count). The molecule has 1 saturated carbocycles. The van der Waals surface area contributed by atoms with Crippen LogP contribution in [0, 0.1) is 0 Å². The van der Waals surface area contributed by atoms with Crippen LogP contribution in [0.2, 0.25) is 0 Å². The SMILES string of the molecule is CCN(CC)S(=O)(=O)c1ccc(C(=O)N2CCN(c3ccc(-c4noc(C5CC5)n4)cn3)CC2)cc1. The molecule has 3 aromatic rings. The minimum absolute atomic E-state index is 0.103. The molecule has 1 aliphatic carbocycles. The lowest BCUT2D eigenvalue weighted by molar-refractivity contribution is 0.0746. The molecule has 1 aromatic carbocycles. The third-order valence-corrected chi connectivity index (χ3v) is 8.77. The summed E-state index contributed by atoms with van der Waals surface area (Å²) in [6.07, 6.45) is 3.97. The first-order chi connectivity index (χ1) is 17.4. The number of carbonyl (C=O) groups excluding carboxylic acids is 1. The number of nitrogens with zero attached hydrogens (tertiary/aromatic N) is 6. The molecule has 0 N–H and O–H groups in total. The molecule has 2 fully saturated rings. The van der Waals surface area contributed by atoms with Crippen LogP contribution >= 0.6 is 0 Å². The normalized spacial score (nSPS) is 16.5. The Morgan fingerprint density at radius 3 is 2.31 bits per heavy atom. The van der Waals surface area contributed by atoms with E-state index in [1.165, 1.54) is 16.4 Å². The van der Waals surface area contributed by atoms with E-state index in [-0.39, 0.29) is 10.8 Å². The standard InChI is InChI=1S/C25H30N6O4S/c1-3-31(4-2)36(33,34)21-10-7-19(8-11-21)25(32)30-15-13-29(14-16-30)22-12-9-20(17-26-22)23-27-24(35-28-23)18-5-6-18/h7-12,17-18H,3-6,13-16H2,1-2H3. The summed E-state index contributed by atoms with van der Waals surface area (Å²) in [5, 5.41) is 4.06. The Morgan fingerprint density at radius 1 is 1.03 bits per heavy atom. The van der Waals surface area contributed by atoms with Gasteiger partial charge in [-0.05, 0) is 49.2 Å². The van der Waals surface area contributed by atoms with Crippen molar-refractivity contribution in [2.45, 2.75) is 37.5 Å². The van der Waals surface area contributed by atoms with Gasteiger partial charge in [-0.3, -0.25) is 4.79 Å². The van der Waals surface area contributed by atoms with Crippen LogP contribution in [0.25, 0.3) is 11.4 Å². The predicted octanol–water partition coefficient (Wildman–Crippen LogP) is 3.00. The number of anilines is 1. The Hall–Kier alpha value is -3.31. The van der Waals surface area contributed by atoms with Gasteiger partial charge < -0.3 is 14.3 Å². The maximum atomic E-state index is 13.0. The summed E-state index contributed by atoms with van der Waals surface area (Å²) < 4.78 is 32.1. The smallest absolute Gasteiger partial charge is 0.253 e. The highest BCUT2D eigenvalue weighted by Gasteiger charge is 2.30. The van der Waals surface area contributed by atoms with Crippen molar-refractivity contribution in [3.63, 3.8) is 0 Å². The van der Waals surface area contributed by atoms with Gasteiger partial charge >= 0.3 is 0 Å². The molecule has 0 unspecified atom stereocenters. The number of rotatable bonds is 8. The van der Waals surface area contributed by atoms with Gasteiger partial charge in [0.15, 0.2) is 0 Å². The van der Waals surface area contributed by atoms with E-state index >= 15 is 0 Å². The molecular weight excluding hydrogens is 480 g/mol. The fraction of sp³-hybridized carbons (Fsp3) is 0.440. The number of aromatic nitrogens is 3. The van der Waals surface area contributed by atoms with Crippen molar-refractivity contribution in [1.82, 2.24) is 24.3 Å². The molecule has 2 aliphatic rings. The van der Waals surface area contributed by atoms with Crippen LogP contribution in [-0.4, -0.2) is 77.9 Å². The first kappa shape index (κ1) is 24.4. The summed E-state index contributed by atoms with van der Waals surface area (Å²) in [5.41, 5.74) is 1.30. The highest BCUT2D eigenvalue weighted by Crippen LogP contribution is 2.39. The fourth-order valence-electron chi connectivity index (χ4n) is 4.36. The van der Waals surface area contributed by atoms with Gasteiger partial charge in [0.05, 0.1) is 4.90 Å². The molecule has 190 valence electrons. The second-order valence-electron chi connectivity index (χ2n) is 9.03. The third-order valence-electron chi connectivity index (χ3n) is 6.71. The summed E-state index contributed by atoms with van der Waals surface area (Å²) in [6.45, 7) is 6.83. The number of carbonyl (C=O) groups is 1. The third kappa shape index (κ3) is 4.85. The van der Waals surface area contributed by atoms with Gasteiger partial charge in [0.25, 0.3) is 5.91 Å². The largest absolute Gasteiger partial charge is 0.353 e. The predicted molar refractivity (Wildman–Crippen MR) is 134 cm³/mol. The molecular formula is C25H30N6O4S. The van der Waals surface area contributed by atoms with E-state index in [1.807, 2.05) is 12.1 Å². The molecule has 3 heterocycles. The van der Waals surface area contributed by atoms with E-state index in [1.54, 1.807) is 37.1 Å². The lowest BCUT2D eigenvalue weighted by Gasteiger charge is -2.35. The van der Waals surface area contributed by atoms with Crippen molar-refractivity contribution < 1.29 is 17.7 Å². The van der Waals surface area contributed by atoms with Crippen LogP contribution in [0.15, 0.2) is 52.0 Å². The fourth-order valence-corrected chi connectivity index (χ4v) is 5.82. The minimum Gasteiger partial charge on any atom is -0.353 e. The average Bonchev–Trinajstić information content (AvgIpc) is 3.65. The molecule has 0 bridgehead atoms. The number of benzene rings is 1. The minimum atomic E-state index is -3.55. The number of amides is 1. The van der Waals surface area contributed by atoms with Gasteiger partial charge in [-0.2, -0.15) is 9.29 Å². The highest BCUT2D eigenvalue weighted by atomic mass is 32.2. The van der Waals surface area contributed by atoms with Gasteiger partial charge in [0, 0.05) is 62.5 Å². The van der Waals surface area contributed by atoms with Gasteiger partial charge in [0.2, 0.25) is 21.7 Å². The Labute approximate surface area is 211 Å². The van der Waals surface area contributed by atoms with Gasteiger partial charge in [-0.15, -0.1) is 0 Å². The maximum absolute atomic E-state index is 13.0. The molecule has 0 spiro atoms. The number of hydrogen-bond acceptors (Lipinski definition) is 8.